The second-order valence-electron chi connectivity index (χ2n) is 4.82. The molecule has 0 unspecified atom stereocenters. The number of hydrogen-bond acceptors (Lipinski definition) is 3. The third kappa shape index (κ3) is 5.30. The summed E-state index contributed by atoms with van der Waals surface area (Å²) in [5.41, 5.74) is 1.37. The second-order valence-corrected chi connectivity index (χ2v) is 5.25. The summed E-state index contributed by atoms with van der Waals surface area (Å²) in [6.45, 7) is 0.276. The fourth-order valence-electron chi connectivity index (χ4n) is 1.91. The van der Waals surface area contributed by atoms with E-state index in [9.17, 15) is 9.59 Å². The second kappa shape index (κ2) is 8.19. The summed E-state index contributed by atoms with van der Waals surface area (Å²) in [5, 5.41) is 5.85. The van der Waals surface area contributed by atoms with Gasteiger partial charge in [-0.1, -0.05) is 23.7 Å². The van der Waals surface area contributed by atoms with Gasteiger partial charge in [0.05, 0.1) is 13.7 Å². The average molecular weight is 333 g/mol. The molecule has 2 aromatic rings. The van der Waals surface area contributed by atoms with Crippen molar-refractivity contribution in [2.24, 2.45) is 0 Å². The monoisotopic (exact) mass is 332 g/mol. The number of hydrogen-bond donors (Lipinski definition) is 2. The van der Waals surface area contributed by atoms with Crippen molar-refractivity contribution in [3.05, 3.63) is 64.7 Å². The van der Waals surface area contributed by atoms with E-state index < -0.39 is 0 Å². The van der Waals surface area contributed by atoms with Crippen LogP contribution in [0.15, 0.2) is 48.5 Å². The lowest BCUT2D eigenvalue weighted by atomic mass is 10.2. The number of nitrogens with one attached hydrogen (secondary N) is 2. The van der Waals surface area contributed by atoms with Crippen molar-refractivity contribution in [2.75, 3.05) is 13.7 Å². The molecule has 0 bridgehead atoms. The molecular weight excluding hydrogens is 316 g/mol. The predicted molar refractivity (Wildman–Crippen MR) is 88.6 cm³/mol. The lowest BCUT2D eigenvalue weighted by molar-refractivity contribution is -0.120. The molecule has 2 aromatic carbocycles. The van der Waals surface area contributed by atoms with Crippen molar-refractivity contribution in [2.45, 2.75) is 6.54 Å². The topological polar surface area (TPSA) is 67.4 Å². The third-order valence-corrected chi connectivity index (χ3v) is 3.39. The van der Waals surface area contributed by atoms with Crippen LogP contribution in [0.25, 0.3) is 0 Å². The first-order valence-electron chi connectivity index (χ1n) is 7.02. The van der Waals surface area contributed by atoms with Gasteiger partial charge < -0.3 is 15.4 Å². The Bertz CT molecular complexity index is 686. The lowest BCUT2D eigenvalue weighted by Crippen LogP contribution is -2.36. The molecule has 120 valence electrons. The third-order valence-electron chi connectivity index (χ3n) is 3.14. The molecule has 0 saturated heterocycles. The minimum atomic E-state index is -0.321. The Hall–Kier alpha value is -2.53. The highest BCUT2D eigenvalue weighted by atomic mass is 35.5. The summed E-state index contributed by atoms with van der Waals surface area (Å²) in [5.74, 6) is 0.140. The molecule has 0 aliphatic heterocycles. The summed E-state index contributed by atoms with van der Waals surface area (Å²) in [4.78, 5) is 23.6. The van der Waals surface area contributed by atoms with E-state index in [1.807, 2.05) is 24.3 Å². The number of methoxy groups -OCH3 is 1. The van der Waals surface area contributed by atoms with Crippen LogP contribution in [0.5, 0.6) is 5.75 Å². The van der Waals surface area contributed by atoms with E-state index >= 15 is 0 Å². The van der Waals surface area contributed by atoms with Crippen LogP contribution >= 0.6 is 11.6 Å². The molecule has 0 saturated carbocycles. The average Bonchev–Trinajstić information content (AvgIpc) is 2.58. The number of benzene rings is 2. The number of amides is 2. The number of halogens is 1. The van der Waals surface area contributed by atoms with E-state index in [4.69, 9.17) is 16.3 Å². The minimum absolute atomic E-state index is 0.0918. The van der Waals surface area contributed by atoms with Crippen LogP contribution in [0, 0.1) is 0 Å². The van der Waals surface area contributed by atoms with Gasteiger partial charge in [0, 0.05) is 17.1 Å². The van der Waals surface area contributed by atoms with Gasteiger partial charge in [-0.3, -0.25) is 9.59 Å². The van der Waals surface area contributed by atoms with E-state index in [2.05, 4.69) is 10.6 Å². The quantitative estimate of drug-likeness (QED) is 0.853. The zero-order valence-electron chi connectivity index (χ0n) is 12.6. The number of carbonyl (C=O) groups excluding carboxylic acids is 2. The molecule has 0 heterocycles. The molecule has 0 aliphatic carbocycles. The van der Waals surface area contributed by atoms with Gasteiger partial charge in [-0.05, 0) is 42.0 Å². The van der Waals surface area contributed by atoms with Gasteiger partial charge in [0.25, 0.3) is 5.91 Å². The first-order chi connectivity index (χ1) is 11.1. The van der Waals surface area contributed by atoms with Crippen LogP contribution in [-0.2, 0) is 11.3 Å². The van der Waals surface area contributed by atoms with Crippen molar-refractivity contribution in [1.29, 1.82) is 0 Å². The van der Waals surface area contributed by atoms with Crippen LogP contribution in [0.2, 0.25) is 5.02 Å². The van der Waals surface area contributed by atoms with Crippen LogP contribution in [0.3, 0.4) is 0 Å². The highest BCUT2D eigenvalue weighted by molar-refractivity contribution is 6.30. The molecule has 0 atom stereocenters. The zero-order chi connectivity index (χ0) is 16.7. The van der Waals surface area contributed by atoms with Gasteiger partial charge in [-0.15, -0.1) is 0 Å². The van der Waals surface area contributed by atoms with Crippen LogP contribution in [0.4, 0.5) is 0 Å². The molecule has 2 N–H and O–H groups in total. The van der Waals surface area contributed by atoms with Crippen LogP contribution in [-0.4, -0.2) is 25.5 Å². The van der Waals surface area contributed by atoms with Gasteiger partial charge >= 0.3 is 0 Å². The Labute approximate surface area is 139 Å². The van der Waals surface area contributed by atoms with Crippen molar-refractivity contribution >= 4 is 23.4 Å². The summed E-state index contributed by atoms with van der Waals surface area (Å²) in [6.07, 6.45) is 0. The molecule has 2 rings (SSSR count). The molecule has 6 heteroatoms. The molecule has 0 fully saturated rings. The normalized spacial score (nSPS) is 10.0. The fourth-order valence-corrected chi connectivity index (χ4v) is 2.04. The number of ether oxygens (including phenoxy) is 1. The Morgan fingerprint density at radius 3 is 2.52 bits per heavy atom. The number of carbonyl (C=O) groups is 2. The van der Waals surface area contributed by atoms with Gasteiger partial charge in [-0.25, -0.2) is 0 Å². The van der Waals surface area contributed by atoms with Crippen LogP contribution in [0.1, 0.15) is 15.9 Å². The summed E-state index contributed by atoms with van der Waals surface area (Å²) in [6, 6.07) is 13.9. The summed E-state index contributed by atoms with van der Waals surface area (Å²) >= 11 is 5.76. The smallest absolute Gasteiger partial charge is 0.251 e. The van der Waals surface area contributed by atoms with E-state index in [1.165, 1.54) is 0 Å². The Morgan fingerprint density at radius 1 is 1.09 bits per heavy atom. The molecule has 0 aromatic heterocycles. The van der Waals surface area contributed by atoms with Crippen molar-refractivity contribution in [3.8, 4) is 5.75 Å². The van der Waals surface area contributed by atoms with Gasteiger partial charge in [0.2, 0.25) is 5.91 Å². The van der Waals surface area contributed by atoms with Crippen molar-refractivity contribution in [3.63, 3.8) is 0 Å². The van der Waals surface area contributed by atoms with Crippen molar-refractivity contribution < 1.29 is 14.3 Å². The van der Waals surface area contributed by atoms with E-state index in [1.54, 1.807) is 31.4 Å². The SMILES string of the molecule is COc1cccc(CNC(=O)CNC(=O)c2ccc(Cl)cc2)c1. The molecule has 0 aliphatic rings. The first kappa shape index (κ1) is 16.8. The number of rotatable bonds is 6. The highest BCUT2D eigenvalue weighted by Crippen LogP contribution is 2.12. The van der Waals surface area contributed by atoms with E-state index in [0.29, 0.717) is 17.1 Å². The minimum Gasteiger partial charge on any atom is -0.497 e. The Morgan fingerprint density at radius 2 is 1.83 bits per heavy atom. The molecule has 2 amide bonds. The zero-order valence-corrected chi connectivity index (χ0v) is 13.4. The molecular formula is C17H17ClN2O3. The molecule has 23 heavy (non-hydrogen) atoms. The van der Waals surface area contributed by atoms with Gasteiger partial charge in [0.1, 0.15) is 5.75 Å². The van der Waals surface area contributed by atoms with Gasteiger partial charge in [-0.2, -0.15) is 0 Å². The molecule has 0 spiro atoms. The largest absolute Gasteiger partial charge is 0.497 e. The Balaban J connectivity index is 1.78. The lowest BCUT2D eigenvalue weighted by Gasteiger charge is -2.08. The highest BCUT2D eigenvalue weighted by Gasteiger charge is 2.08. The van der Waals surface area contributed by atoms with E-state index in [0.717, 1.165) is 11.3 Å². The van der Waals surface area contributed by atoms with Crippen LogP contribution < -0.4 is 15.4 Å². The first-order valence-corrected chi connectivity index (χ1v) is 7.39. The Kier molecular flexibility index (Phi) is 6.00. The predicted octanol–water partition coefficient (Wildman–Crippen LogP) is 2.39. The molecule has 5 nitrogen and oxygen atoms in total. The summed E-state index contributed by atoms with van der Waals surface area (Å²) in [7, 11) is 1.59. The fraction of sp³-hybridized carbons (Fsp3) is 0.176. The van der Waals surface area contributed by atoms with Gasteiger partial charge in [0.15, 0.2) is 0 Å². The maximum Gasteiger partial charge on any atom is 0.251 e. The standard InChI is InChI=1S/C17H17ClN2O3/c1-23-15-4-2-3-12(9-15)10-19-16(21)11-20-17(22)13-5-7-14(18)8-6-13/h2-9H,10-11H2,1H3,(H,19,21)(H,20,22). The van der Waals surface area contributed by atoms with E-state index in [-0.39, 0.29) is 18.4 Å². The van der Waals surface area contributed by atoms with Crippen molar-refractivity contribution in [1.82, 2.24) is 10.6 Å². The molecule has 0 radical (unpaired) electrons. The maximum atomic E-state index is 11.9. The summed E-state index contributed by atoms with van der Waals surface area (Å²) < 4.78 is 5.12. The maximum absolute atomic E-state index is 11.9.